The number of hydrazine groups is 1. The molecule has 2 heterocycles. The van der Waals surface area contributed by atoms with Gasteiger partial charge in [-0.15, -0.1) is 0 Å². The maximum Gasteiger partial charge on any atom is 0.148 e. The minimum Gasteiger partial charge on any atom is -0.354 e. The zero-order valence-corrected chi connectivity index (χ0v) is 13.4. The molecule has 0 amide bonds. The molecule has 7 heteroatoms. The third kappa shape index (κ3) is 3.09. The Morgan fingerprint density at radius 3 is 2.35 bits per heavy atom. The second-order valence-electron chi connectivity index (χ2n) is 6.07. The molecular formula is C13H23N5OS. The van der Waals surface area contributed by atoms with Gasteiger partial charge in [0, 0.05) is 46.4 Å². The van der Waals surface area contributed by atoms with E-state index < -0.39 is 10.8 Å². The summed E-state index contributed by atoms with van der Waals surface area (Å²) in [6, 6.07) is 0. The highest BCUT2D eigenvalue weighted by atomic mass is 32.2. The van der Waals surface area contributed by atoms with Crippen molar-refractivity contribution in [2.24, 2.45) is 5.84 Å². The third-order valence-electron chi connectivity index (χ3n) is 3.40. The number of nitrogens with one attached hydrogen (secondary N) is 1. The molecular weight excluding hydrogens is 274 g/mol. The molecule has 1 fully saturated rings. The molecule has 0 bridgehead atoms. The number of anilines is 2. The van der Waals surface area contributed by atoms with Gasteiger partial charge in [-0.2, -0.15) is 0 Å². The summed E-state index contributed by atoms with van der Waals surface area (Å²) in [6.45, 7) is 9.71. The first kappa shape index (κ1) is 15.2. The van der Waals surface area contributed by atoms with Crippen molar-refractivity contribution in [3.63, 3.8) is 0 Å². The minimum absolute atomic E-state index is 0.146. The van der Waals surface area contributed by atoms with E-state index in [2.05, 4.69) is 36.1 Å². The Labute approximate surface area is 122 Å². The summed E-state index contributed by atoms with van der Waals surface area (Å²) in [7, 11) is -0.696. The predicted molar refractivity (Wildman–Crippen MR) is 83.4 cm³/mol. The molecule has 0 radical (unpaired) electrons. The number of nitrogens with two attached hydrogens (primary N) is 1. The Hall–Kier alpha value is -1.21. The van der Waals surface area contributed by atoms with Crippen LogP contribution in [0.25, 0.3) is 0 Å². The average molecular weight is 297 g/mol. The molecule has 20 heavy (non-hydrogen) atoms. The summed E-state index contributed by atoms with van der Waals surface area (Å²) < 4.78 is 11.5. The first-order chi connectivity index (χ1) is 9.32. The highest BCUT2D eigenvalue weighted by Gasteiger charge is 2.25. The van der Waals surface area contributed by atoms with Crippen LogP contribution in [0.3, 0.4) is 0 Å². The van der Waals surface area contributed by atoms with Crippen LogP contribution in [0.15, 0.2) is 0 Å². The fourth-order valence-corrected chi connectivity index (χ4v) is 3.19. The lowest BCUT2D eigenvalue weighted by molar-refractivity contribution is 0.544. The summed E-state index contributed by atoms with van der Waals surface area (Å²) in [5.41, 5.74) is 3.45. The molecule has 1 aromatic rings. The fraction of sp³-hybridized carbons (Fsp3) is 0.692. The second kappa shape index (κ2) is 5.65. The van der Waals surface area contributed by atoms with Gasteiger partial charge in [0.2, 0.25) is 0 Å². The topological polar surface area (TPSA) is 84.1 Å². The first-order valence-electron chi connectivity index (χ1n) is 6.78. The number of nitrogen functional groups attached to an aromatic ring is 1. The van der Waals surface area contributed by atoms with Crippen molar-refractivity contribution in [2.45, 2.75) is 33.1 Å². The smallest absolute Gasteiger partial charge is 0.148 e. The Morgan fingerprint density at radius 2 is 1.85 bits per heavy atom. The van der Waals surface area contributed by atoms with Crippen LogP contribution in [0.2, 0.25) is 0 Å². The van der Waals surface area contributed by atoms with E-state index in [4.69, 9.17) is 10.8 Å². The van der Waals surface area contributed by atoms with Gasteiger partial charge in [0.05, 0.1) is 0 Å². The lowest BCUT2D eigenvalue weighted by Gasteiger charge is -2.30. The van der Waals surface area contributed by atoms with Gasteiger partial charge in [-0.05, 0) is 6.92 Å². The largest absolute Gasteiger partial charge is 0.354 e. The molecule has 0 aromatic carbocycles. The van der Waals surface area contributed by atoms with E-state index in [-0.39, 0.29) is 5.41 Å². The fourth-order valence-electron chi connectivity index (χ4n) is 2.14. The van der Waals surface area contributed by atoms with Crippen molar-refractivity contribution in [3.8, 4) is 0 Å². The van der Waals surface area contributed by atoms with Gasteiger partial charge in [-0.25, -0.2) is 15.8 Å². The maximum atomic E-state index is 11.5. The lowest BCUT2D eigenvalue weighted by atomic mass is 9.95. The van der Waals surface area contributed by atoms with E-state index >= 15 is 0 Å². The van der Waals surface area contributed by atoms with Crippen molar-refractivity contribution in [3.05, 3.63) is 11.4 Å². The Kier molecular flexibility index (Phi) is 4.29. The van der Waals surface area contributed by atoms with Crippen molar-refractivity contribution < 1.29 is 4.21 Å². The zero-order valence-electron chi connectivity index (χ0n) is 12.6. The van der Waals surface area contributed by atoms with E-state index in [0.717, 1.165) is 30.3 Å². The molecule has 0 spiro atoms. The van der Waals surface area contributed by atoms with Gasteiger partial charge < -0.3 is 10.3 Å². The molecule has 1 aromatic heterocycles. The normalized spacial score (nSPS) is 17.4. The molecule has 1 aliphatic rings. The molecule has 1 aliphatic heterocycles. The number of hydrogen-bond acceptors (Lipinski definition) is 6. The molecule has 1 saturated heterocycles. The summed E-state index contributed by atoms with van der Waals surface area (Å²) in [5.74, 6) is 9.28. The Morgan fingerprint density at radius 1 is 1.25 bits per heavy atom. The van der Waals surface area contributed by atoms with Gasteiger partial charge in [0.15, 0.2) is 0 Å². The number of rotatable bonds is 2. The van der Waals surface area contributed by atoms with Crippen molar-refractivity contribution in [1.29, 1.82) is 0 Å². The zero-order chi connectivity index (χ0) is 14.9. The van der Waals surface area contributed by atoms with Gasteiger partial charge in [-0.3, -0.25) is 4.21 Å². The molecule has 3 N–H and O–H groups in total. The predicted octanol–water partition coefficient (Wildman–Crippen LogP) is 0.937. The van der Waals surface area contributed by atoms with Gasteiger partial charge in [0.1, 0.15) is 17.5 Å². The van der Waals surface area contributed by atoms with Gasteiger partial charge in [0.25, 0.3) is 0 Å². The lowest BCUT2D eigenvalue weighted by Crippen LogP contribution is -2.39. The van der Waals surface area contributed by atoms with Crippen molar-refractivity contribution in [1.82, 2.24) is 9.97 Å². The van der Waals surface area contributed by atoms with Crippen LogP contribution >= 0.6 is 0 Å². The number of nitrogens with zero attached hydrogens (tertiary/aromatic N) is 3. The average Bonchev–Trinajstić information content (AvgIpc) is 2.39. The molecule has 6 nitrogen and oxygen atoms in total. The number of hydrogen-bond donors (Lipinski definition) is 2. The van der Waals surface area contributed by atoms with E-state index in [0.29, 0.717) is 17.3 Å². The van der Waals surface area contributed by atoms with Crippen molar-refractivity contribution >= 4 is 22.4 Å². The quantitative estimate of drug-likeness (QED) is 0.624. The molecule has 0 aliphatic carbocycles. The van der Waals surface area contributed by atoms with Crippen LogP contribution in [-0.2, 0) is 16.2 Å². The summed E-state index contributed by atoms with van der Waals surface area (Å²) in [4.78, 5) is 11.4. The minimum atomic E-state index is -0.696. The Balaban J connectivity index is 2.43. The SMILES string of the molecule is Cc1c(NN)nc(C(C)(C)C)nc1N1CCS(=O)CC1. The van der Waals surface area contributed by atoms with Crippen LogP contribution in [0, 0.1) is 6.92 Å². The van der Waals surface area contributed by atoms with E-state index in [9.17, 15) is 4.21 Å². The summed E-state index contributed by atoms with van der Waals surface area (Å²) in [5, 5.41) is 0. The van der Waals surface area contributed by atoms with Crippen LogP contribution in [0.1, 0.15) is 32.2 Å². The second-order valence-corrected chi connectivity index (χ2v) is 7.77. The Bertz CT molecular complexity index is 516. The van der Waals surface area contributed by atoms with Crippen LogP contribution in [0.4, 0.5) is 11.6 Å². The van der Waals surface area contributed by atoms with Crippen LogP contribution in [-0.4, -0.2) is 38.8 Å². The van der Waals surface area contributed by atoms with Gasteiger partial charge >= 0.3 is 0 Å². The molecule has 2 rings (SSSR count). The standard InChI is InChI=1S/C13H23N5OS/c1-9-10(17-14)15-12(13(2,3)4)16-11(9)18-5-7-20(19)8-6-18/h5-8,14H2,1-4H3,(H,15,16,17). The molecule has 0 atom stereocenters. The summed E-state index contributed by atoms with van der Waals surface area (Å²) in [6.07, 6.45) is 0. The number of aromatic nitrogens is 2. The van der Waals surface area contributed by atoms with Crippen LogP contribution in [0.5, 0.6) is 0 Å². The molecule has 112 valence electrons. The monoisotopic (exact) mass is 297 g/mol. The highest BCUT2D eigenvalue weighted by Crippen LogP contribution is 2.28. The summed E-state index contributed by atoms with van der Waals surface area (Å²) >= 11 is 0. The highest BCUT2D eigenvalue weighted by molar-refractivity contribution is 7.85. The van der Waals surface area contributed by atoms with E-state index in [1.54, 1.807) is 0 Å². The van der Waals surface area contributed by atoms with Crippen molar-refractivity contribution in [2.75, 3.05) is 34.9 Å². The molecule has 0 saturated carbocycles. The van der Waals surface area contributed by atoms with E-state index in [1.165, 1.54) is 0 Å². The van der Waals surface area contributed by atoms with Gasteiger partial charge in [-0.1, -0.05) is 20.8 Å². The first-order valence-corrected chi connectivity index (χ1v) is 8.27. The third-order valence-corrected chi connectivity index (χ3v) is 4.68. The van der Waals surface area contributed by atoms with Crippen LogP contribution < -0.4 is 16.2 Å². The van der Waals surface area contributed by atoms with E-state index in [1.807, 2.05) is 6.92 Å². The molecule has 0 unspecified atom stereocenters. The maximum absolute atomic E-state index is 11.5.